The molecule has 0 aliphatic carbocycles. The molecule has 0 aliphatic rings. The van der Waals surface area contributed by atoms with Crippen molar-refractivity contribution in [1.29, 1.82) is 0 Å². The molecule has 1 heterocycles. The Kier molecular flexibility index (Phi) is 4.68. The number of ether oxygens (including phenoxy) is 1. The van der Waals surface area contributed by atoms with Gasteiger partial charge in [-0.25, -0.2) is 0 Å². The first-order valence-corrected chi connectivity index (χ1v) is 7.00. The Bertz CT molecular complexity index is 596. The molecule has 20 heavy (non-hydrogen) atoms. The van der Waals surface area contributed by atoms with E-state index in [1.54, 1.807) is 4.68 Å². The van der Waals surface area contributed by atoms with Crippen LogP contribution in [0.1, 0.15) is 30.0 Å². The van der Waals surface area contributed by atoms with Crippen LogP contribution in [0.3, 0.4) is 0 Å². The predicted octanol–water partition coefficient (Wildman–Crippen LogP) is 3.06. The second kappa shape index (κ2) is 6.29. The highest BCUT2D eigenvalue weighted by molar-refractivity contribution is 6.31. The van der Waals surface area contributed by atoms with E-state index in [4.69, 9.17) is 16.3 Å². The molecule has 1 aromatic carbocycles. The summed E-state index contributed by atoms with van der Waals surface area (Å²) in [4.78, 5) is 0. The van der Waals surface area contributed by atoms with Crippen molar-refractivity contribution in [3.05, 3.63) is 46.2 Å². The van der Waals surface area contributed by atoms with Crippen LogP contribution in [0.2, 0.25) is 5.02 Å². The lowest BCUT2D eigenvalue weighted by Crippen LogP contribution is -2.08. The minimum absolute atomic E-state index is 0.403. The summed E-state index contributed by atoms with van der Waals surface area (Å²) in [5.74, 6) is 0.706. The van der Waals surface area contributed by atoms with Crippen LogP contribution in [0.25, 0.3) is 0 Å². The maximum Gasteiger partial charge on any atom is 0.125 e. The van der Waals surface area contributed by atoms with E-state index < -0.39 is 6.10 Å². The van der Waals surface area contributed by atoms with Crippen LogP contribution in [0, 0.1) is 6.92 Å². The van der Waals surface area contributed by atoms with E-state index in [0.29, 0.717) is 23.8 Å². The van der Waals surface area contributed by atoms with E-state index in [2.05, 4.69) is 5.10 Å². The van der Waals surface area contributed by atoms with E-state index in [1.165, 1.54) is 0 Å². The highest BCUT2D eigenvalue weighted by Gasteiger charge is 2.19. The van der Waals surface area contributed by atoms with Crippen LogP contribution in [-0.4, -0.2) is 21.5 Å². The van der Waals surface area contributed by atoms with Gasteiger partial charge >= 0.3 is 0 Å². The predicted molar refractivity (Wildman–Crippen MR) is 79.2 cm³/mol. The first-order chi connectivity index (χ1) is 9.54. The first-order valence-electron chi connectivity index (χ1n) is 6.62. The standard InChI is InChI=1S/C15H19ClN2O2/c1-4-20-14-8-6-5-7-11(14)13(19)9-12-15(16)10(2)17-18(12)3/h5-8,13,19H,4,9H2,1-3H3. The molecular formula is C15H19ClN2O2. The Labute approximate surface area is 123 Å². The van der Waals surface area contributed by atoms with Crippen molar-refractivity contribution in [2.45, 2.75) is 26.4 Å². The largest absolute Gasteiger partial charge is 0.493 e. The van der Waals surface area contributed by atoms with Gasteiger partial charge in [0.05, 0.1) is 29.1 Å². The molecule has 1 atom stereocenters. The number of rotatable bonds is 5. The summed E-state index contributed by atoms with van der Waals surface area (Å²) in [6.45, 7) is 4.34. The molecule has 0 spiro atoms. The van der Waals surface area contributed by atoms with Gasteiger partial charge in [-0.3, -0.25) is 4.68 Å². The summed E-state index contributed by atoms with van der Waals surface area (Å²) < 4.78 is 7.26. The Hall–Kier alpha value is -1.52. The lowest BCUT2D eigenvalue weighted by molar-refractivity contribution is 0.170. The van der Waals surface area contributed by atoms with E-state index in [0.717, 1.165) is 17.0 Å². The molecule has 1 unspecified atom stereocenters. The summed E-state index contributed by atoms with van der Waals surface area (Å²) in [6.07, 6.45) is -0.273. The van der Waals surface area contributed by atoms with Crippen molar-refractivity contribution in [3.63, 3.8) is 0 Å². The van der Waals surface area contributed by atoms with E-state index in [-0.39, 0.29) is 0 Å². The molecule has 0 saturated heterocycles. The SMILES string of the molecule is CCOc1ccccc1C(O)Cc1c(Cl)c(C)nn1C. The number of aliphatic hydroxyl groups is 1. The molecule has 5 heteroatoms. The third-order valence-corrected chi connectivity index (χ3v) is 3.72. The average molecular weight is 295 g/mol. The van der Waals surface area contributed by atoms with Crippen LogP contribution < -0.4 is 4.74 Å². The second-order valence-corrected chi connectivity index (χ2v) is 5.04. The minimum atomic E-state index is -0.676. The van der Waals surface area contributed by atoms with Gasteiger partial charge in [-0.15, -0.1) is 0 Å². The summed E-state index contributed by atoms with van der Waals surface area (Å²) in [5, 5.41) is 15.3. The Morgan fingerprint density at radius 1 is 1.40 bits per heavy atom. The number of hydrogen-bond donors (Lipinski definition) is 1. The zero-order valence-corrected chi connectivity index (χ0v) is 12.7. The fraction of sp³-hybridized carbons (Fsp3) is 0.400. The molecule has 4 nitrogen and oxygen atoms in total. The van der Waals surface area contributed by atoms with Gasteiger partial charge in [0.1, 0.15) is 5.75 Å². The zero-order chi connectivity index (χ0) is 14.7. The number of aliphatic hydroxyl groups excluding tert-OH is 1. The van der Waals surface area contributed by atoms with Crippen LogP contribution in [0.5, 0.6) is 5.75 Å². The lowest BCUT2D eigenvalue weighted by Gasteiger charge is -2.16. The Morgan fingerprint density at radius 2 is 2.10 bits per heavy atom. The van der Waals surface area contributed by atoms with E-state index in [9.17, 15) is 5.11 Å². The molecule has 1 aromatic heterocycles. The highest BCUT2D eigenvalue weighted by Crippen LogP contribution is 2.30. The Balaban J connectivity index is 2.26. The highest BCUT2D eigenvalue weighted by atomic mass is 35.5. The normalized spacial score (nSPS) is 12.4. The van der Waals surface area contributed by atoms with Crippen molar-refractivity contribution in [2.24, 2.45) is 7.05 Å². The fourth-order valence-electron chi connectivity index (χ4n) is 2.24. The number of para-hydroxylation sites is 1. The van der Waals surface area contributed by atoms with Gasteiger partial charge in [0.25, 0.3) is 0 Å². The molecule has 0 bridgehead atoms. The topological polar surface area (TPSA) is 47.3 Å². The van der Waals surface area contributed by atoms with Gasteiger partial charge in [0.15, 0.2) is 0 Å². The number of hydrogen-bond acceptors (Lipinski definition) is 3. The molecule has 0 amide bonds. The summed E-state index contributed by atoms with van der Waals surface area (Å²) in [5.41, 5.74) is 2.36. The van der Waals surface area contributed by atoms with Gasteiger partial charge in [-0.2, -0.15) is 5.10 Å². The molecule has 1 N–H and O–H groups in total. The van der Waals surface area contributed by atoms with Gasteiger partial charge in [0.2, 0.25) is 0 Å². The molecule has 2 rings (SSSR count). The van der Waals surface area contributed by atoms with Crippen molar-refractivity contribution in [2.75, 3.05) is 6.61 Å². The molecule has 0 radical (unpaired) electrons. The third kappa shape index (κ3) is 2.97. The number of aromatic nitrogens is 2. The maximum absolute atomic E-state index is 10.5. The summed E-state index contributed by atoms with van der Waals surface area (Å²) in [6, 6.07) is 7.50. The molecule has 0 fully saturated rings. The average Bonchev–Trinajstić information content (AvgIpc) is 2.66. The van der Waals surface area contributed by atoms with Crippen molar-refractivity contribution >= 4 is 11.6 Å². The van der Waals surface area contributed by atoms with Crippen molar-refractivity contribution in [1.82, 2.24) is 9.78 Å². The number of aryl methyl sites for hydroxylation is 2. The molecule has 0 saturated carbocycles. The van der Waals surface area contributed by atoms with Crippen LogP contribution in [0.15, 0.2) is 24.3 Å². The minimum Gasteiger partial charge on any atom is -0.493 e. The van der Waals surface area contributed by atoms with Crippen molar-refractivity contribution in [3.8, 4) is 5.75 Å². The smallest absolute Gasteiger partial charge is 0.125 e. The van der Waals surface area contributed by atoms with Gasteiger partial charge in [0, 0.05) is 19.0 Å². The lowest BCUT2D eigenvalue weighted by atomic mass is 10.0. The third-order valence-electron chi connectivity index (χ3n) is 3.23. The van der Waals surface area contributed by atoms with Gasteiger partial charge in [-0.1, -0.05) is 29.8 Å². The van der Waals surface area contributed by atoms with Crippen LogP contribution >= 0.6 is 11.6 Å². The number of nitrogens with zero attached hydrogens (tertiary/aromatic N) is 2. The van der Waals surface area contributed by atoms with Gasteiger partial charge in [-0.05, 0) is 19.9 Å². The summed E-state index contributed by atoms with van der Waals surface area (Å²) in [7, 11) is 1.83. The second-order valence-electron chi connectivity index (χ2n) is 4.66. The molecular weight excluding hydrogens is 276 g/mol. The molecule has 108 valence electrons. The zero-order valence-electron chi connectivity index (χ0n) is 11.9. The number of halogens is 1. The quantitative estimate of drug-likeness (QED) is 0.922. The first kappa shape index (κ1) is 14.9. The van der Waals surface area contributed by atoms with E-state index >= 15 is 0 Å². The van der Waals surface area contributed by atoms with Gasteiger partial charge < -0.3 is 9.84 Å². The Morgan fingerprint density at radius 3 is 2.70 bits per heavy atom. The van der Waals surface area contributed by atoms with E-state index in [1.807, 2.05) is 45.2 Å². The van der Waals surface area contributed by atoms with Crippen molar-refractivity contribution < 1.29 is 9.84 Å². The maximum atomic E-state index is 10.5. The monoisotopic (exact) mass is 294 g/mol. The van der Waals surface area contributed by atoms with Crippen LogP contribution in [-0.2, 0) is 13.5 Å². The molecule has 2 aromatic rings. The van der Waals surface area contributed by atoms with Crippen LogP contribution in [0.4, 0.5) is 0 Å². The summed E-state index contributed by atoms with van der Waals surface area (Å²) >= 11 is 6.22. The number of benzene rings is 1. The fourth-order valence-corrected chi connectivity index (χ4v) is 2.47. The molecule has 0 aliphatic heterocycles.